The van der Waals surface area contributed by atoms with Crippen molar-refractivity contribution >= 4 is 17.5 Å². The Kier molecular flexibility index (Phi) is 7.22. The molecule has 0 radical (unpaired) electrons. The first-order valence-electron chi connectivity index (χ1n) is 11.7. The lowest BCUT2D eigenvalue weighted by Gasteiger charge is -2.29. The second kappa shape index (κ2) is 10.3. The van der Waals surface area contributed by atoms with E-state index in [9.17, 15) is 14.7 Å². The number of nitrogens with one attached hydrogen (secondary N) is 1. The molecule has 0 saturated carbocycles. The Morgan fingerprint density at radius 2 is 1.62 bits per heavy atom. The van der Waals surface area contributed by atoms with Gasteiger partial charge in [0.2, 0.25) is 11.8 Å². The zero-order valence-electron chi connectivity index (χ0n) is 18.8. The average Bonchev–Trinajstić information content (AvgIpc) is 3.21. The van der Waals surface area contributed by atoms with Gasteiger partial charge in [0.15, 0.2) is 0 Å². The summed E-state index contributed by atoms with van der Waals surface area (Å²) >= 11 is 0. The Balaban J connectivity index is 1.25. The number of likely N-dealkylation sites (tertiary alicyclic amines) is 1. The van der Waals surface area contributed by atoms with Crippen LogP contribution in [0.25, 0.3) is 0 Å². The monoisotopic (exact) mass is 435 g/mol. The van der Waals surface area contributed by atoms with Gasteiger partial charge in [-0.25, -0.2) is 0 Å². The lowest BCUT2D eigenvalue weighted by atomic mass is 10.1. The summed E-state index contributed by atoms with van der Waals surface area (Å²) in [5.74, 6) is -0.381. The fraction of sp³-hybridized carbons (Fsp3) is 0.462. The number of aliphatic hydroxyl groups excluding tert-OH is 1. The molecule has 0 bridgehead atoms. The zero-order chi connectivity index (χ0) is 22.5. The number of rotatable bonds is 7. The van der Waals surface area contributed by atoms with Crippen LogP contribution < -0.4 is 10.2 Å². The summed E-state index contributed by atoms with van der Waals surface area (Å²) in [5, 5.41) is 12.6. The minimum atomic E-state index is -0.318. The predicted octanol–water partition coefficient (Wildman–Crippen LogP) is 2.88. The summed E-state index contributed by atoms with van der Waals surface area (Å²) in [6.45, 7) is 5.74. The van der Waals surface area contributed by atoms with E-state index in [-0.39, 0.29) is 30.3 Å². The van der Waals surface area contributed by atoms with E-state index in [1.807, 2.05) is 24.3 Å². The van der Waals surface area contributed by atoms with Gasteiger partial charge < -0.3 is 15.3 Å². The Bertz CT molecular complexity index is 918. The second-order valence-corrected chi connectivity index (χ2v) is 8.97. The SMILES string of the molecule is CCc1ccc(N2CC(C(=O)NCc3ccc(CN4CCC(O)CC4)cc3)CC2=O)cc1. The third kappa shape index (κ3) is 5.56. The van der Waals surface area contributed by atoms with Crippen LogP contribution >= 0.6 is 0 Å². The second-order valence-electron chi connectivity index (χ2n) is 8.97. The van der Waals surface area contributed by atoms with E-state index in [4.69, 9.17) is 0 Å². The van der Waals surface area contributed by atoms with Crippen LogP contribution in [0.3, 0.4) is 0 Å². The largest absolute Gasteiger partial charge is 0.393 e. The van der Waals surface area contributed by atoms with Crippen molar-refractivity contribution in [3.8, 4) is 0 Å². The van der Waals surface area contributed by atoms with Crippen molar-refractivity contribution in [1.82, 2.24) is 10.2 Å². The average molecular weight is 436 g/mol. The molecule has 2 N–H and O–H groups in total. The Morgan fingerprint density at radius 1 is 1.00 bits per heavy atom. The molecule has 6 nitrogen and oxygen atoms in total. The van der Waals surface area contributed by atoms with Crippen LogP contribution in [0, 0.1) is 5.92 Å². The van der Waals surface area contributed by atoms with Crippen molar-refractivity contribution < 1.29 is 14.7 Å². The number of aryl methyl sites for hydroxylation is 1. The van der Waals surface area contributed by atoms with E-state index >= 15 is 0 Å². The summed E-state index contributed by atoms with van der Waals surface area (Å²) < 4.78 is 0. The molecule has 2 fully saturated rings. The molecule has 2 aliphatic heterocycles. The number of aliphatic hydroxyl groups is 1. The smallest absolute Gasteiger partial charge is 0.227 e. The normalized spacial score (nSPS) is 20.0. The third-order valence-electron chi connectivity index (χ3n) is 6.61. The van der Waals surface area contributed by atoms with Crippen LogP contribution in [-0.2, 0) is 29.1 Å². The maximum atomic E-state index is 12.7. The molecule has 0 spiro atoms. The molecule has 0 aliphatic carbocycles. The molecule has 2 aromatic rings. The fourth-order valence-electron chi connectivity index (χ4n) is 4.48. The summed E-state index contributed by atoms with van der Waals surface area (Å²) in [4.78, 5) is 29.2. The van der Waals surface area contributed by atoms with Crippen molar-refractivity contribution in [3.05, 3.63) is 65.2 Å². The molecule has 170 valence electrons. The van der Waals surface area contributed by atoms with E-state index in [0.717, 1.165) is 50.1 Å². The molecule has 4 rings (SSSR count). The van der Waals surface area contributed by atoms with Gasteiger partial charge in [-0.3, -0.25) is 14.5 Å². The van der Waals surface area contributed by atoms with Gasteiger partial charge in [0.1, 0.15) is 0 Å². The Labute approximate surface area is 190 Å². The van der Waals surface area contributed by atoms with Crippen molar-refractivity contribution in [2.45, 2.75) is 51.8 Å². The van der Waals surface area contributed by atoms with Gasteiger partial charge in [-0.15, -0.1) is 0 Å². The summed E-state index contributed by atoms with van der Waals surface area (Å²) in [5.41, 5.74) is 4.38. The summed E-state index contributed by atoms with van der Waals surface area (Å²) in [6, 6.07) is 16.3. The first-order valence-corrected chi connectivity index (χ1v) is 11.7. The first kappa shape index (κ1) is 22.5. The van der Waals surface area contributed by atoms with E-state index in [2.05, 4.69) is 41.4 Å². The van der Waals surface area contributed by atoms with Gasteiger partial charge in [0, 0.05) is 44.8 Å². The molecule has 1 unspecified atom stereocenters. The van der Waals surface area contributed by atoms with Gasteiger partial charge in [-0.1, -0.05) is 43.3 Å². The highest BCUT2D eigenvalue weighted by Crippen LogP contribution is 2.26. The van der Waals surface area contributed by atoms with E-state index in [1.54, 1.807) is 4.90 Å². The van der Waals surface area contributed by atoms with Crippen LogP contribution in [0.4, 0.5) is 5.69 Å². The number of benzene rings is 2. The standard InChI is InChI=1S/C26H33N3O3/c1-2-19-7-9-23(10-8-19)29-18-22(15-25(29)31)26(32)27-16-20-3-5-21(6-4-20)17-28-13-11-24(30)12-14-28/h3-10,22,24,30H,2,11-18H2,1H3,(H,27,32). The maximum absolute atomic E-state index is 12.7. The number of piperidine rings is 1. The number of hydrogen-bond acceptors (Lipinski definition) is 4. The van der Waals surface area contributed by atoms with Crippen LogP contribution in [0.15, 0.2) is 48.5 Å². The van der Waals surface area contributed by atoms with E-state index in [0.29, 0.717) is 13.1 Å². The van der Waals surface area contributed by atoms with Gasteiger partial charge >= 0.3 is 0 Å². The van der Waals surface area contributed by atoms with Gasteiger partial charge in [-0.05, 0) is 48.1 Å². The number of carbonyl (C=O) groups excluding carboxylic acids is 2. The maximum Gasteiger partial charge on any atom is 0.227 e. The first-order chi connectivity index (χ1) is 15.5. The van der Waals surface area contributed by atoms with Gasteiger partial charge in [-0.2, -0.15) is 0 Å². The van der Waals surface area contributed by atoms with Crippen molar-refractivity contribution in [3.63, 3.8) is 0 Å². The molecule has 6 heteroatoms. The van der Waals surface area contributed by atoms with Crippen molar-refractivity contribution in [2.24, 2.45) is 5.92 Å². The number of anilines is 1. The van der Waals surface area contributed by atoms with Gasteiger partial charge in [0.05, 0.1) is 12.0 Å². The van der Waals surface area contributed by atoms with Gasteiger partial charge in [0.25, 0.3) is 0 Å². The minimum Gasteiger partial charge on any atom is -0.393 e. The summed E-state index contributed by atoms with van der Waals surface area (Å²) in [7, 11) is 0. The summed E-state index contributed by atoms with van der Waals surface area (Å²) in [6.07, 6.45) is 2.75. The van der Waals surface area contributed by atoms with E-state index < -0.39 is 0 Å². The lowest BCUT2D eigenvalue weighted by molar-refractivity contribution is -0.126. The highest BCUT2D eigenvalue weighted by molar-refractivity contribution is 6.00. The van der Waals surface area contributed by atoms with Crippen LogP contribution in [0.5, 0.6) is 0 Å². The van der Waals surface area contributed by atoms with Crippen LogP contribution in [-0.4, -0.2) is 47.6 Å². The molecule has 0 aromatic heterocycles. The molecule has 32 heavy (non-hydrogen) atoms. The molecule has 2 aromatic carbocycles. The third-order valence-corrected chi connectivity index (χ3v) is 6.61. The predicted molar refractivity (Wildman–Crippen MR) is 125 cm³/mol. The lowest BCUT2D eigenvalue weighted by Crippen LogP contribution is -2.35. The molecule has 2 amide bonds. The number of hydrogen-bond donors (Lipinski definition) is 2. The number of amides is 2. The number of nitrogens with zero attached hydrogens (tertiary/aromatic N) is 2. The highest BCUT2D eigenvalue weighted by atomic mass is 16.3. The fourth-order valence-corrected chi connectivity index (χ4v) is 4.48. The molecular formula is C26H33N3O3. The van der Waals surface area contributed by atoms with Crippen LogP contribution in [0.2, 0.25) is 0 Å². The topological polar surface area (TPSA) is 72.9 Å². The molecular weight excluding hydrogens is 402 g/mol. The molecule has 2 saturated heterocycles. The highest BCUT2D eigenvalue weighted by Gasteiger charge is 2.35. The minimum absolute atomic E-state index is 0.00369. The molecule has 1 atom stereocenters. The molecule has 2 aliphatic rings. The van der Waals surface area contributed by atoms with Crippen LogP contribution in [0.1, 0.15) is 42.9 Å². The van der Waals surface area contributed by atoms with E-state index in [1.165, 1.54) is 11.1 Å². The number of carbonyl (C=O) groups is 2. The quantitative estimate of drug-likeness (QED) is 0.702. The Hall–Kier alpha value is -2.70. The van der Waals surface area contributed by atoms with Crippen molar-refractivity contribution in [1.29, 1.82) is 0 Å². The Morgan fingerprint density at radius 3 is 2.28 bits per heavy atom. The van der Waals surface area contributed by atoms with Crippen molar-refractivity contribution in [2.75, 3.05) is 24.5 Å². The molecule has 2 heterocycles. The zero-order valence-corrected chi connectivity index (χ0v) is 18.8.